The zero-order valence-corrected chi connectivity index (χ0v) is 15.4. The van der Waals surface area contributed by atoms with E-state index in [4.69, 9.17) is 4.74 Å². The summed E-state index contributed by atoms with van der Waals surface area (Å²) in [7, 11) is 2.99. The zero-order valence-electron chi connectivity index (χ0n) is 15.4. The number of aromatic nitrogens is 2. The molecule has 0 fully saturated rings. The van der Waals surface area contributed by atoms with Crippen molar-refractivity contribution in [2.75, 3.05) is 13.7 Å². The lowest BCUT2D eigenvalue weighted by Crippen LogP contribution is -2.31. The highest BCUT2D eigenvalue weighted by Gasteiger charge is 2.19. The second kappa shape index (κ2) is 7.99. The summed E-state index contributed by atoms with van der Waals surface area (Å²) >= 11 is 0. The van der Waals surface area contributed by atoms with Crippen molar-refractivity contribution in [2.45, 2.75) is 6.54 Å². The third kappa shape index (κ3) is 4.06. The van der Waals surface area contributed by atoms with Gasteiger partial charge in [-0.3, -0.25) is 9.59 Å². The Morgan fingerprint density at radius 2 is 1.75 bits per heavy atom. The molecule has 8 heteroatoms. The minimum Gasteiger partial charge on any atom is -0.451 e. The van der Waals surface area contributed by atoms with E-state index in [0.717, 1.165) is 10.2 Å². The van der Waals surface area contributed by atoms with Crippen molar-refractivity contribution in [2.24, 2.45) is 7.05 Å². The Hall–Kier alpha value is -3.55. The molecular weight excluding hydrogens is 365 g/mol. The predicted molar refractivity (Wildman–Crippen MR) is 100 cm³/mol. The number of nitrogens with zero attached hydrogens (tertiary/aromatic N) is 3. The Labute approximate surface area is 160 Å². The summed E-state index contributed by atoms with van der Waals surface area (Å²) in [6, 6.07) is 12.3. The van der Waals surface area contributed by atoms with Gasteiger partial charge in [-0.05, 0) is 23.8 Å². The minimum absolute atomic E-state index is 0.0355. The fraction of sp³-hybridized carbons (Fsp3) is 0.200. The van der Waals surface area contributed by atoms with Gasteiger partial charge in [-0.15, -0.1) is 0 Å². The van der Waals surface area contributed by atoms with Crippen molar-refractivity contribution in [1.29, 1.82) is 0 Å². The van der Waals surface area contributed by atoms with Gasteiger partial charge in [-0.1, -0.05) is 30.3 Å². The average Bonchev–Trinajstić information content (AvgIpc) is 2.70. The molecule has 0 N–H and O–H groups in total. The molecule has 3 aromatic rings. The number of hydrogen-bond donors (Lipinski definition) is 0. The van der Waals surface area contributed by atoms with Crippen LogP contribution in [-0.4, -0.2) is 40.2 Å². The summed E-state index contributed by atoms with van der Waals surface area (Å²) in [4.78, 5) is 38.2. The molecule has 0 saturated carbocycles. The van der Waals surface area contributed by atoms with Crippen LogP contribution in [0.5, 0.6) is 0 Å². The van der Waals surface area contributed by atoms with Gasteiger partial charge in [0, 0.05) is 26.0 Å². The van der Waals surface area contributed by atoms with Crippen molar-refractivity contribution < 1.29 is 18.7 Å². The highest BCUT2D eigenvalue weighted by Crippen LogP contribution is 2.14. The van der Waals surface area contributed by atoms with Crippen LogP contribution in [-0.2, 0) is 23.1 Å². The van der Waals surface area contributed by atoms with Crippen LogP contribution in [0.3, 0.4) is 0 Å². The molecule has 2 aromatic carbocycles. The number of esters is 1. The maximum absolute atomic E-state index is 13.0. The van der Waals surface area contributed by atoms with Gasteiger partial charge >= 0.3 is 5.97 Å². The van der Waals surface area contributed by atoms with Crippen molar-refractivity contribution in [1.82, 2.24) is 14.7 Å². The summed E-state index contributed by atoms with van der Waals surface area (Å²) in [5.41, 5.74) is 0.378. The molecule has 1 aromatic heterocycles. The number of amides is 1. The van der Waals surface area contributed by atoms with Crippen LogP contribution in [0.1, 0.15) is 16.1 Å². The summed E-state index contributed by atoms with van der Waals surface area (Å²) < 4.78 is 19.1. The first-order valence-corrected chi connectivity index (χ1v) is 8.48. The number of carbonyl (C=O) groups excluding carboxylic acids is 2. The van der Waals surface area contributed by atoms with E-state index in [1.807, 2.05) is 0 Å². The van der Waals surface area contributed by atoms with Crippen LogP contribution in [0, 0.1) is 5.82 Å². The van der Waals surface area contributed by atoms with Gasteiger partial charge in [0.05, 0.1) is 5.39 Å². The van der Waals surface area contributed by atoms with Crippen molar-refractivity contribution >= 4 is 22.6 Å². The fourth-order valence-electron chi connectivity index (χ4n) is 2.71. The van der Waals surface area contributed by atoms with E-state index in [2.05, 4.69) is 5.10 Å². The number of fused-ring (bicyclic) bond motifs is 1. The van der Waals surface area contributed by atoms with Gasteiger partial charge < -0.3 is 9.64 Å². The van der Waals surface area contributed by atoms with Gasteiger partial charge in [-0.25, -0.2) is 13.9 Å². The van der Waals surface area contributed by atoms with E-state index >= 15 is 0 Å². The number of aryl methyl sites for hydroxylation is 1. The molecule has 0 bridgehead atoms. The van der Waals surface area contributed by atoms with Gasteiger partial charge in [-0.2, -0.15) is 5.10 Å². The number of carbonyl (C=O) groups is 2. The molecule has 0 atom stereocenters. The lowest BCUT2D eigenvalue weighted by molar-refractivity contribution is -0.133. The van der Waals surface area contributed by atoms with Crippen LogP contribution < -0.4 is 5.56 Å². The molecule has 1 heterocycles. The van der Waals surface area contributed by atoms with Crippen LogP contribution in [0.4, 0.5) is 4.39 Å². The van der Waals surface area contributed by atoms with Gasteiger partial charge in [0.1, 0.15) is 5.82 Å². The summed E-state index contributed by atoms with van der Waals surface area (Å²) in [5, 5.41) is 4.67. The summed E-state index contributed by atoms with van der Waals surface area (Å²) in [6.07, 6.45) is 0. The standard InChI is InChI=1S/C20H18FN3O4/c1-23(11-13-7-9-14(21)10-8-13)17(25)12-28-20(27)18-15-5-3-4-6-16(15)19(26)24(2)22-18/h3-10H,11-12H2,1-2H3. The first-order chi connectivity index (χ1) is 13.4. The van der Waals surface area contributed by atoms with E-state index < -0.39 is 18.5 Å². The first-order valence-electron chi connectivity index (χ1n) is 8.48. The SMILES string of the molecule is CN(Cc1ccc(F)cc1)C(=O)COC(=O)c1nn(C)c(=O)c2ccccc12. The maximum atomic E-state index is 13.0. The van der Waals surface area contributed by atoms with Crippen molar-refractivity contribution in [3.63, 3.8) is 0 Å². The molecule has 0 radical (unpaired) electrons. The predicted octanol–water partition coefficient (Wildman–Crippen LogP) is 1.89. The van der Waals surface area contributed by atoms with E-state index in [0.29, 0.717) is 10.8 Å². The largest absolute Gasteiger partial charge is 0.451 e. The van der Waals surface area contributed by atoms with Gasteiger partial charge in [0.15, 0.2) is 12.3 Å². The van der Waals surface area contributed by atoms with Crippen LogP contribution >= 0.6 is 0 Å². The van der Waals surface area contributed by atoms with Crippen LogP contribution in [0.2, 0.25) is 0 Å². The van der Waals surface area contributed by atoms with Crippen molar-refractivity contribution in [3.8, 4) is 0 Å². The molecule has 7 nitrogen and oxygen atoms in total. The smallest absolute Gasteiger partial charge is 0.359 e. The Morgan fingerprint density at radius 3 is 2.43 bits per heavy atom. The third-order valence-corrected chi connectivity index (χ3v) is 4.24. The molecule has 0 spiro atoms. The highest BCUT2D eigenvalue weighted by atomic mass is 19.1. The topological polar surface area (TPSA) is 81.5 Å². The lowest BCUT2D eigenvalue weighted by Gasteiger charge is -2.17. The summed E-state index contributed by atoms with van der Waals surface area (Å²) in [5.74, 6) is -1.58. The number of benzene rings is 2. The minimum atomic E-state index is -0.796. The zero-order chi connectivity index (χ0) is 20.3. The molecular formula is C20H18FN3O4. The normalized spacial score (nSPS) is 10.7. The third-order valence-electron chi connectivity index (χ3n) is 4.24. The molecule has 28 heavy (non-hydrogen) atoms. The Balaban J connectivity index is 1.69. The molecule has 0 saturated heterocycles. The second-order valence-corrected chi connectivity index (χ2v) is 6.28. The Kier molecular flexibility index (Phi) is 5.49. The van der Waals surface area contributed by atoms with Gasteiger partial charge in [0.2, 0.25) is 0 Å². The van der Waals surface area contributed by atoms with Crippen LogP contribution in [0.25, 0.3) is 10.8 Å². The highest BCUT2D eigenvalue weighted by molar-refractivity contribution is 6.02. The number of hydrogen-bond acceptors (Lipinski definition) is 5. The monoisotopic (exact) mass is 383 g/mol. The molecule has 144 valence electrons. The van der Waals surface area contributed by atoms with E-state index in [1.165, 1.54) is 24.1 Å². The number of likely N-dealkylation sites (N-methyl/N-ethyl adjacent to an activating group) is 1. The van der Waals surface area contributed by atoms with E-state index in [9.17, 15) is 18.8 Å². The maximum Gasteiger partial charge on any atom is 0.359 e. The van der Waals surface area contributed by atoms with E-state index in [1.54, 1.807) is 43.4 Å². The Bertz CT molecular complexity index is 1090. The molecule has 0 aliphatic rings. The van der Waals surface area contributed by atoms with Crippen LogP contribution in [0.15, 0.2) is 53.3 Å². The number of rotatable bonds is 5. The fourth-order valence-corrected chi connectivity index (χ4v) is 2.71. The Morgan fingerprint density at radius 1 is 1.11 bits per heavy atom. The first kappa shape index (κ1) is 19.2. The molecule has 3 rings (SSSR count). The summed E-state index contributed by atoms with van der Waals surface area (Å²) in [6.45, 7) is -0.229. The van der Waals surface area contributed by atoms with Gasteiger partial charge in [0.25, 0.3) is 11.5 Å². The molecule has 1 amide bonds. The van der Waals surface area contributed by atoms with E-state index in [-0.39, 0.29) is 23.6 Å². The average molecular weight is 383 g/mol. The van der Waals surface area contributed by atoms with Crippen molar-refractivity contribution in [3.05, 3.63) is 76.0 Å². The number of halogens is 1. The lowest BCUT2D eigenvalue weighted by atomic mass is 10.1. The molecule has 0 unspecified atom stereocenters. The second-order valence-electron chi connectivity index (χ2n) is 6.28. The molecule has 0 aliphatic heterocycles. The molecule has 0 aliphatic carbocycles. The quantitative estimate of drug-likeness (QED) is 0.629. The number of ether oxygens (including phenoxy) is 1.